The summed E-state index contributed by atoms with van der Waals surface area (Å²) in [4.78, 5) is 4.01. The van der Waals surface area contributed by atoms with Gasteiger partial charge in [-0.25, -0.2) is 0 Å². The number of alkyl halides is 3. The highest BCUT2D eigenvalue weighted by molar-refractivity contribution is 9.10. The van der Waals surface area contributed by atoms with Crippen molar-refractivity contribution in [2.24, 2.45) is 0 Å². The molecule has 0 spiro atoms. The van der Waals surface area contributed by atoms with E-state index in [4.69, 9.17) is 4.52 Å². The quantitative estimate of drug-likeness (QED) is 0.932. The molecule has 2 rings (SSSR count). The minimum atomic E-state index is -4.26. The number of halogens is 4. The van der Waals surface area contributed by atoms with Crippen molar-refractivity contribution in [2.75, 3.05) is 6.54 Å². The van der Waals surface area contributed by atoms with Gasteiger partial charge in [-0.1, -0.05) is 33.2 Å². The molecule has 1 heterocycles. The molecule has 0 fully saturated rings. The molecule has 2 aromatic rings. The summed E-state index contributed by atoms with van der Waals surface area (Å²) in [6, 6.07) is 7.22. The van der Waals surface area contributed by atoms with Crippen molar-refractivity contribution in [1.29, 1.82) is 0 Å². The summed E-state index contributed by atoms with van der Waals surface area (Å²) < 4.78 is 41.5. The maximum Gasteiger partial charge on any atom is 0.401 e. The summed E-state index contributed by atoms with van der Waals surface area (Å²) in [6.07, 6.45) is -4.26. The summed E-state index contributed by atoms with van der Waals surface area (Å²) in [5, 5.41) is 5.90. The van der Waals surface area contributed by atoms with Gasteiger partial charge in [0, 0.05) is 10.0 Å². The van der Waals surface area contributed by atoms with Crippen LogP contribution in [0.25, 0.3) is 11.4 Å². The number of rotatable bonds is 4. The van der Waals surface area contributed by atoms with Gasteiger partial charge in [0.25, 0.3) is 0 Å². The summed E-state index contributed by atoms with van der Waals surface area (Å²) in [7, 11) is 0. The standard InChI is InChI=1S/C11H9BrF3N3O/c12-8-3-1-2-7(4-8)10-17-9(19-18-10)5-16-6-11(13,14)15/h1-4,16H,5-6H2. The Balaban J connectivity index is 1.99. The van der Waals surface area contributed by atoms with E-state index in [9.17, 15) is 13.2 Å². The normalized spacial score (nSPS) is 11.8. The monoisotopic (exact) mass is 335 g/mol. The van der Waals surface area contributed by atoms with Crippen LogP contribution in [0, 0.1) is 0 Å². The Hall–Kier alpha value is -1.41. The molecule has 0 amide bonds. The second kappa shape index (κ2) is 5.70. The predicted molar refractivity (Wildman–Crippen MR) is 65.2 cm³/mol. The number of nitrogens with one attached hydrogen (secondary N) is 1. The van der Waals surface area contributed by atoms with Gasteiger partial charge >= 0.3 is 6.18 Å². The van der Waals surface area contributed by atoms with E-state index >= 15 is 0 Å². The third-order valence-corrected chi connectivity index (χ3v) is 2.65. The van der Waals surface area contributed by atoms with Gasteiger partial charge in [0.15, 0.2) is 0 Å². The minimum absolute atomic E-state index is 0.110. The Kier molecular flexibility index (Phi) is 4.20. The van der Waals surface area contributed by atoms with E-state index in [1.54, 1.807) is 18.2 Å². The molecular weight excluding hydrogens is 327 g/mol. The van der Waals surface area contributed by atoms with E-state index in [1.165, 1.54) is 0 Å². The molecule has 0 aliphatic carbocycles. The van der Waals surface area contributed by atoms with Gasteiger partial charge in [0.1, 0.15) is 0 Å². The smallest absolute Gasteiger partial charge is 0.338 e. The van der Waals surface area contributed by atoms with E-state index < -0.39 is 12.7 Å². The van der Waals surface area contributed by atoms with Crippen LogP contribution >= 0.6 is 15.9 Å². The van der Waals surface area contributed by atoms with E-state index in [1.807, 2.05) is 6.07 Å². The zero-order chi connectivity index (χ0) is 13.9. The van der Waals surface area contributed by atoms with Gasteiger partial charge in [-0.3, -0.25) is 0 Å². The van der Waals surface area contributed by atoms with Crippen molar-refractivity contribution in [3.63, 3.8) is 0 Å². The van der Waals surface area contributed by atoms with Crippen LogP contribution < -0.4 is 5.32 Å². The van der Waals surface area contributed by atoms with Crippen LogP contribution in [0.15, 0.2) is 33.3 Å². The molecule has 0 bridgehead atoms. The molecule has 19 heavy (non-hydrogen) atoms. The van der Waals surface area contributed by atoms with Gasteiger partial charge in [-0.05, 0) is 12.1 Å². The Morgan fingerprint density at radius 1 is 1.32 bits per heavy atom. The van der Waals surface area contributed by atoms with Crippen molar-refractivity contribution < 1.29 is 17.7 Å². The van der Waals surface area contributed by atoms with Crippen LogP contribution in [-0.4, -0.2) is 22.9 Å². The zero-order valence-corrected chi connectivity index (χ0v) is 11.1. The van der Waals surface area contributed by atoms with Crippen molar-refractivity contribution in [3.8, 4) is 11.4 Å². The van der Waals surface area contributed by atoms with Crippen molar-refractivity contribution in [2.45, 2.75) is 12.7 Å². The maximum atomic E-state index is 11.9. The molecule has 1 aromatic heterocycles. The minimum Gasteiger partial charge on any atom is -0.338 e. The second-order valence-electron chi connectivity index (χ2n) is 3.74. The Labute approximate surface area is 115 Å². The first kappa shape index (κ1) is 14.0. The molecule has 0 saturated heterocycles. The lowest BCUT2D eigenvalue weighted by molar-refractivity contribution is -0.125. The summed E-state index contributed by atoms with van der Waals surface area (Å²) in [5.41, 5.74) is 0.722. The maximum absolute atomic E-state index is 11.9. The lowest BCUT2D eigenvalue weighted by Crippen LogP contribution is -2.28. The van der Waals surface area contributed by atoms with Gasteiger partial charge in [-0.2, -0.15) is 18.2 Å². The molecule has 8 heteroatoms. The largest absolute Gasteiger partial charge is 0.401 e. The first-order chi connectivity index (χ1) is 8.94. The number of hydrogen-bond donors (Lipinski definition) is 1. The van der Waals surface area contributed by atoms with Gasteiger partial charge in [0.05, 0.1) is 13.1 Å². The molecule has 1 aromatic carbocycles. The SMILES string of the molecule is FC(F)(F)CNCc1nc(-c2cccc(Br)c2)no1. The summed E-state index contributed by atoms with van der Waals surface area (Å²) in [5.74, 6) is 0.448. The average molecular weight is 336 g/mol. The lowest BCUT2D eigenvalue weighted by atomic mass is 10.2. The number of hydrogen-bond acceptors (Lipinski definition) is 4. The highest BCUT2D eigenvalue weighted by Gasteiger charge is 2.26. The van der Waals surface area contributed by atoms with Crippen LogP contribution in [0.4, 0.5) is 13.2 Å². The zero-order valence-electron chi connectivity index (χ0n) is 9.54. The fourth-order valence-electron chi connectivity index (χ4n) is 1.38. The first-order valence-corrected chi connectivity index (χ1v) is 6.09. The molecule has 0 aliphatic heterocycles. The van der Waals surface area contributed by atoms with E-state index in [0.29, 0.717) is 5.82 Å². The third kappa shape index (κ3) is 4.32. The number of aromatic nitrogens is 2. The van der Waals surface area contributed by atoms with Crippen molar-refractivity contribution >= 4 is 15.9 Å². The van der Waals surface area contributed by atoms with Crippen LogP contribution in [0.2, 0.25) is 0 Å². The Bertz CT molecular complexity index is 556. The lowest BCUT2D eigenvalue weighted by Gasteiger charge is -2.05. The van der Waals surface area contributed by atoms with Crippen LogP contribution in [0.5, 0.6) is 0 Å². The van der Waals surface area contributed by atoms with Gasteiger partial charge in [-0.15, -0.1) is 0 Å². The molecule has 0 atom stereocenters. The third-order valence-electron chi connectivity index (χ3n) is 2.15. The molecule has 0 unspecified atom stereocenters. The number of benzene rings is 1. The van der Waals surface area contributed by atoms with E-state index in [2.05, 4.69) is 31.4 Å². The summed E-state index contributed by atoms with van der Waals surface area (Å²) in [6.45, 7) is -1.22. The van der Waals surface area contributed by atoms with E-state index in [0.717, 1.165) is 10.0 Å². The molecule has 0 radical (unpaired) electrons. The van der Waals surface area contributed by atoms with Gasteiger partial charge < -0.3 is 9.84 Å². The van der Waals surface area contributed by atoms with Crippen molar-refractivity contribution in [3.05, 3.63) is 34.6 Å². The summed E-state index contributed by atoms with van der Waals surface area (Å²) >= 11 is 3.31. The van der Waals surface area contributed by atoms with Gasteiger partial charge in [0.2, 0.25) is 11.7 Å². The first-order valence-electron chi connectivity index (χ1n) is 5.30. The Morgan fingerprint density at radius 3 is 2.79 bits per heavy atom. The van der Waals surface area contributed by atoms with Crippen molar-refractivity contribution in [1.82, 2.24) is 15.5 Å². The topological polar surface area (TPSA) is 51.0 Å². The molecule has 102 valence electrons. The molecule has 0 saturated carbocycles. The fraction of sp³-hybridized carbons (Fsp3) is 0.273. The molecule has 1 N–H and O–H groups in total. The van der Waals surface area contributed by atoms with Crippen LogP contribution in [0.1, 0.15) is 5.89 Å². The molecule has 0 aliphatic rings. The van der Waals surface area contributed by atoms with Crippen LogP contribution in [-0.2, 0) is 6.54 Å². The predicted octanol–water partition coefficient (Wildman–Crippen LogP) is 3.15. The van der Waals surface area contributed by atoms with Crippen LogP contribution in [0.3, 0.4) is 0 Å². The Morgan fingerprint density at radius 2 is 2.11 bits per heavy atom. The fourth-order valence-corrected chi connectivity index (χ4v) is 1.78. The molecule has 4 nitrogen and oxygen atoms in total. The second-order valence-corrected chi connectivity index (χ2v) is 4.66. The van der Waals surface area contributed by atoms with E-state index in [-0.39, 0.29) is 12.4 Å². The number of nitrogens with zero attached hydrogens (tertiary/aromatic N) is 2. The highest BCUT2D eigenvalue weighted by atomic mass is 79.9. The average Bonchev–Trinajstić information content (AvgIpc) is 2.76. The molecular formula is C11H9BrF3N3O. The highest BCUT2D eigenvalue weighted by Crippen LogP contribution is 2.20.